The van der Waals surface area contributed by atoms with Crippen molar-refractivity contribution in [3.63, 3.8) is 0 Å². The summed E-state index contributed by atoms with van der Waals surface area (Å²) in [5.74, 6) is 0.830. The first-order valence-electron chi connectivity index (χ1n) is 5.80. The molecule has 0 aliphatic carbocycles. The van der Waals surface area contributed by atoms with Gasteiger partial charge in [-0.1, -0.05) is 13.0 Å². The minimum Gasteiger partial charge on any atom is -0.397 e. The molecule has 0 unspecified atom stereocenters. The number of anilines is 2. The van der Waals surface area contributed by atoms with E-state index < -0.39 is 0 Å². The Balaban J connectivity index is 2.06. The van der Waals surface area contributed by atoms with Gasteiger partial charge in [0.2, 0.25) is 0 Å². The predicted octanol–water partition coefficient (Wildman–Crippen LogP) is 3.05. The molecule has 18 heavy (non-hydrogen) atoms. The van der Waals surface area contributed by atoms with Crippen molar-refractivity contribution < 1.29 is 0 Å². The van der Waals surface area contributed by atoms with E-state index in [0.717, 1.165) is 34.2 Å². The van der Waals surface area contributed by atoms with Crippen LogP contribution < -0.4 is 10.5 Å². The van der Waals surface area contributed by atoms with Crippen molar-refractivity contribution in [3.05, 3.63) is 41.7 Å². The summed E-state index contributed by atoms with van der Waals surface area (Å²) in [6, 6.07) is 7.87. The maximum Gasteiger partial charge on any atom is 0.136 e. The molecule has 0 bridgehead atoms. The Bertz CT molecular complexity index is 542. The van der Waals surface area contributed by atoms with Gasteiger partial charge in [0.1, 0.15) is 10.8 Å². The van der Waals surface area contributed by atoms with E-state index in [1.54, 1.807) is 6.20 Å². The Kier molecular flexibility index (Phi) is 4.04. The Morgan fingerprint density at radius 1 is 1.39 bits per heavy atom. The molecule has 0 radical (unpaired) electrons. The first-order valence-corrected chi connectivity index (χ1v) is 6.61. The Labute approximate surface area is 111 Å². The monoisotopic (exact) mass is 260 g/mol. The van der Waals surface area contributed by atoms with E-state index in [1.165, 1.54) is 11.9 Å². The number of rotatable bonds is 4. The summed E-state index contributed by atoms with van der Waals surface area (Å²) in [5, 5.41) is 0.893. The van der Waals surface area contributed by atoms with Crippen LogP contribution in [0, 0.1) is 6.92 Å². The first kappa shape index (κ1) is 12.7. The van der Waals surface area contributed by atoms with Crippen LogP contribution in [0.5, 0.6) is 0 Å². The molecule has 0 saturated carbocycles. The molecule has 0 fully saturated rings. The fourth-order valence-electron chi connectivity index (χ4n) is 1.55. The summed E-state index contributed by atoms with van der Waals surface area (Å²) in [6.45, 7) is 4.04. The molecule has 2 rings (SSSR count). The summed E-state index contributed by atoms with van der Waals surface area (Å²) in [4.78, 5) is 8.64. The van der Waals surface area contributed by atoms with Gasteiger partial charge in [-0.3, -0.25) is 0 Å². The fraction of sp³-hybridized carbons (Fsp3) is 0.231. The molecule has 0 aromatic carbocycles. The normalized spacial score (nSPS) is 10.3. The zero-order valence-electron chi connectivity index (χ0n) is 10.5. The molecule has 3 N–H and O–H groups in total. The van der Waals surface area contributed by atoms with Crippen LogP contribution in [0.4, 0.5) is 11.5 Å². The highest BCUT2D eigenvalue weighted by Crippen LogP contribution is 2.21. The van der Waals surface area contributed by atoms with Gasteiger partial charge in [-0.25, -0.2) is 9.97 Å². The predicted molar refractivity (Wildman–Crippen MR) is 76.5 cm³/mol. The topological polar surface area (TPSA) is 63.8 Å². The number of aromatic nitrogens is 2. The van der Waals surface area contributed by atoms with Crippen molar-refractivity contribution in [1.82, 2.24) is 9.97 Å². The molecular formula is C13H16N4S. The summed E-state index contributed by atoms with van der Waals surface area (Å²) in [7, 11) is 0. The van der Waals surface area contributed by atoms with E-state index in [0.29, 0.717) is 0 Å². The van der Waals surface area contributed by atoms with Crippen LogP contribution in [-0.2, 0) is 6.42 Å². The standard InChI is InChI=1S/C13H16N4S/c1-3-10-7-13(15-8-11(10)14)18-17-12-6-4-5-9(2)16-12/h4-8H,3,14H2,1-2H3,(H,16,17). The van der Waals surface area contributed by atoms with E-state index in [1.807, 2.05) is 31.2 Å². The number of hydrogen-bond donors (Lipinski definition) is 2. The molecule has 2 aromatic heterocycles. The molecule has 0 saturated heterocycles. The number of aryl methyl sites for hydroxylation is 2. The average Bonchev–Trinajstić information content (AvgIpc) is 2.38. The zero-order chi connectivity index (χ0) is 13.0. The molecule has 94 valence electrons. The summed E-state index contributed by atoms with van der Waals surface area (Å²) >= 11 is 1.44. The van der Waals surface area contributed by atoms with E-state index in [2.05, 4.69) is 21.6 Å². The minimum absolute atomic E-state index is 0.746. The maximum absolute atomic E-state index is 5.82. The van der Waals surface area contributed by atoms with Crippen LogP contribution in [0.2, 0.25) is 0 Å². The number of pyridine rings is 2. The largest absolute Gasteiger partial charge is 0.397 e. The molecule has 0 spiro atoms. The number of nitrogen functional groups attached to an aromatic ring is 1. The van der Waals surface area contributed by atoms with Crippen molar-refractivity contribution in [2.75, 3.05) is 10.5 Å². The average molecular weight is 260 g/mol. The van der Waals surface area contributed by atoms with E-state index >= 15 is 0 Å². The van der Waals surface area contributed by atoms with Crippen molar-refractivity contribution in [1.29, 1.82) is 0 Å². The Morgan fingerprint density at radius 3 is 2.94 bits per heavy atom. The second-order valence-electron chi connectivity index (χ2n) is 3.94. The molecule has 2 heterocycles. The highest BCUT2D eigenvalue weighted by Gasteiger charge is 2.02. The molecule has 0 aliphatic rings. The van der Waals surface area contributed by atoms with Crippen LogP contribution in [0.1, 0.15) is 18.2 Å². The van der Waals surface area contributed by atoms with Gasteiger partial charge in [-0.2, -0.15) is 0 Å². The first-order chi connectivity index (χ1) is 8.69. The SMILES string of the molecule is CCc1cc(SNc2cccc(C)n2)ncc1N. The maximum atomic E-state index is 5.82. The smallest absolute Gasteiger partial charge is 0.136 e. The molecule has 0 amide bonds. The number of hydrogen-bond acceptors (Lipinski definition) is 5. The van der Waals surface area contributed by atoms with Gasteiger partial charge in [0.05, 0.1) is 11.9 Å². The van der Waals surface area contributed by atoms with Gasteiger partial charge in [0.25, 0.3) is 0 Å². The summed E-state index contributed by atoms with van der Waals surface area (Å²) in [5.41, 5.74) is 8.67. The van der Waals surface area contributed by atoms with Gasteiger partial charge >= 0.3 is 0 Å². The molecular weight excluding hydrogens is 244 g/mol. The van der Waals surface area contributed by atoms with Gasteiger partial charge < -0.3 is 10.5 Å². The van der Waals surface area contributed by atoms with E-state index in [-0.39, 0.29) is 0 Å². The van der Waals surface area contributed by atoms with E-state index in [9.17, 15) is 0 Å². The van der Waals surface area contributed by atoms with Gasteiger partial charge in [0, 0.05) is 17.6 Å². The summed E-state index contributed by atoms with van der Waals surface area (Å²) in [6.07, 6.45) is 2.61. The molecule has 0 atom stereocenters. The number of nitrogens with two attached hydrogens (primary N) is 1. The minimum atomic E-state index is 0.746. The van der Waals surface area contributed by atoms with Crippen molar-refractivity contribution in [2.45, 2.75) is 25.3 Å². The summed E-state index contributed by atoms with van der Waals surface area (Å²) < 4.78 is 3.17. The third kappa shape index (κ3) is 3.13. The highest BCUT2D eigenvalue weighted by molar-refractivity contribution is 8.00. The molecule has 0 aliphatic heterocycles. The highest BCUT2D eigenvalue weighted by atomic mass is 32.2. The quantitative estimate of drug-likeness (QED) is 0.827. The second kappa shape index (κ2) is 5.73. The second-order valence-corrected chi connectivity index (χ2v) is 4.77. The van der Waals surface area contributed by atoms with Crippen molar-refractivity contribution in [3.8, 4) is 0 Å². The lowest BCUT2D eigenvalue weighted by Gasteiger charge is -2.07. The van der Waals surface area contributed by atoms with Crippen LogP contribution >= 0.6 is 11.9 Å². The van der Waals surface area contributed by atoms with Crippen LogP contribution in [-0.4, -0.2) is 9.97 Å². The van der Waals surface area contributed by atoms with Gasteiger partial charge in [-0.05, 0) is 37.1 Å². The number of nitrogens with one attached hydrogen (secondary N) is 1. The lowest BCUT2D eigenvalue weighted by molar-refractivity contribution is 1.06. The van der Waals surface area contributed by atoms with Crippen molar-refractivity contribution in [2.24, 2.45) is 0 Å². The van der Waals surface area contributed by atoms with Crippen LogP contribution in [0.15, 0.2) is 35.5 Å². The van der Waals surface area contributed by atoms with Gasteiger partial charge in [0.15, 0.2) is 0 Å². The lowest BCUT2D eigenvalue weighted by Crippen LogP contribution is -1.97. The fourth-order valence-corrected chi connectivity index (χ4v) is 2.18. The van der Waals surface area contributed by atoms with Crippen LogP contribution in [0.3, 0.4) is 0 Å². The third-order valence-corrected chi connectivity index (χ3v) is 3.27. The Morgan fingerprint density at radius 2 is 2.22 bits per heavy atom. The Hall–Kier alpha value is -1.75. The van der Waals surface area contributed by atoms with E-state index in [4.69, 9.17) is 5.73 Å². The zero-order valence-corrected chi connectivity index (χ0v) is 11.3. The lowest BCUT2D eigenvalue weighted by atomic mass is 10.2. The van der Waals surface area contributed by atoms with Crippen molar-refractivity contribution >= 4 is 23.5 Å². The van der Waals surface area contributed by atoms with Gasteiger partial charge in [-0.15, -0.1) is 0 Å². The van der Waals surface area contributed by atoms with Crippen LogP contribution in [0.25, 0.3) is 0 Å². The molecule has 4 nitrogen and oxygen atoms in total. The molecule has 5 heteroatoms. The third-order valence-electron chi connectivity index (χ3n) is 2.53. The number of nitrogens with zero attached hydrogens (tertiary/aromatic N) is 2. The molecule has 2 aromatic rings.